The number of hydrogen-bond donors (Lipinski definition) is 2. The van der Waals surface area contributed by atoms with Gasteiger partial charge >= 0.3 is 0 Å². The zero-order chi connectivity index (χ0) is 18.5. The lowest BCUT2D eigenvalue weighted by atomic mass is 9.65. The number of hydrogen-bond acceptors (Lipinski definition) is 3. The van der Waals surface area contributed by atoms with E-state index in [2.05, 4.69) is 48.3 Å². The van der Waals surface area contributed by atoms with Crippen LogP contribution in [0.15, 0.2) is 24.3 Å². The molecular weight excluding hydrogens is 393 g/mol. The van der Waals surface area contributed by atoms with E-state index in [1.54, 1.807) is 0 Å². The summed E-state index contributed by atoms with van der Waals surface area (Å²) in [5.41, 5.74) is 8.92. The summed E-state index contributed by atoms with van der Waals surface area (Å²) in [4.78, 5) is 15.2. The van der Waals surface area contributed by atoms with Gasteiger partial charge in [-0.1, -0.05) is 44.5 Å². The molecule has 1 amide bonds. The molecule has 2 unspecified atom stereocenters. The molecule has 6 heteroatoms. The summed E-state index contributed by atoms with van der Waals surface area (Å²) in [5, 5.41) is 3.22. The third kappa shape index (κ3) is 6.09. The average molecular weight is 430 g/mol. The molecule has 3 N–H and O–H groups in total. The molecule has 160 valence electrons. The topological polar surface area (TPSA) is 58.4 Å². The number of carbonyl (C=O) groups excluding carboxylic acids is 1. The summed E-state index contributed by atoms with van der Waals surface area (Å²) in [6, 6.07) is 8.81. The van der Waals surface area contributed by atoms with Gasteiger partial charge in [0.1, 0.15) is 0 Å². The van der Waals surface area contributed by atoms with Gasteiger partial charge in [-0.15, -0.1) is 24.8 Å². The lowest BCUT2D eigenvalue weighted by molar-refractivity contribution is -0.128. The van der Waals surface area contributed by atoms with E-state index in [4.69, 9.17) is 5.73 Å². The molecule has 2 bridgehead atoms. The fourth-order valence-corrected chi connectivity index (χ4v) is 4.90. The Morgan fingerprint density at radius 1 is 1.07 bits per heavy atom. The molecule has 0 aromatic heterocycles. The minimum atomic E-state index is 0. The second-order valence-electron chi connectivity index (χ2n) is 8.14. The summed E-state index contributed by atoms with van der Waals surface area (Å²) in [6.45, 7) is 8.05. The number of nitrogens with two attached hydrogens (primary N) is 1. The summed E-state index contributed by atoms with van der Waals surface area (Å²) >= 11 is 0. The maximum Gasteiger partial charge on any atom is 0.223 e. The van der Waals surface area contributed by atoms with E-state index in [-0.39, 0.29) is 36.6 Å². The smallest absolute Gasteiger partial charge is 0.223 e. The zero-order valence-corrected chi connectivity index (χ0v) is 18.9. The van der Waals surface area contributed by atoms with Gasteiger partial charge in [0.15, 0.2) is 0 Å². The number of benzene rings is 1. The first-order chi connectivity index (χ1) is 12.6. The molecule has 0 radical (unpaired) electrons. The summed E-state index contributed by atoms with van der Waals surface area (Å²) < 4.78 is 0. The van der Waals surface area contributed by atoms with Gasteiger partial charge in [0.25, 0.3) is 0 Å². The Morgan fingerprint density at radius 3 is 2.21 bits per heavy atom. The number of nitrogens with zero attached hydrogens (tertiary/aromatic N) is 1. The van der Waals surface area contributed by atoms with Crippen LogP contribution in [-0.4, -0.2) is 29.9 Å². The quantitative estimate of drug-likeness (QED) is 0.684. The first kappa shape index (κ1) is 25.2. The fourth-order valence-electron chi connectivity index (χ4n) is 4.90. The van der Waals surface area contributed by atoms with Crippen molar-refractivity contribution in [2.75, 3.05) is 13.1 Å². The Morgan fingerprint density at radius 2 is 1.64 bits per heavy atom. The van der Waals surface area contributed by atoms with E-state index in [0.717, 1.165) is 32.5 Å². The molecule has 2 atom stereocenters. The number of carbonyl (C=O) groups is 1. The molecule has 1 aromatic rings. The summed E-state index contributed by atoms with van der Waals surface area (Å²) in [7, 11) is 0. The monoisotopic (exact) mass is 429 g/mol. The SMILES string of the molecule is CCN(CC)Cc1ccccc1CNC(=O)C1CC2CCCC(C1)C2N.Cl.Cl. The summed E-state index contributed by atoms with van der Waals surface area (Å²) in [6.07, 6.45) is 5.65. The number of halogens is 2. The molecule has 0 heterocycles. The van der Waals surface area contributed by atoms with Crippen LogP contribution in [0.3, 0.4) is 0 Å². The average Bonchev–Trinajstić information content (AvgIpc) is 2.64. The number of nitrogens with one attached hydrogen (secondary N) is 1. The Balaban J connectivity index is 0.00000196. The molecule has 2 aliphatic carbocycles. The Kier molecular flexibility index (Phi) is 10.8. The van der Waals surface area contributed by atoms with Crippen molar-refractivity contribution in [3.8, 4) is 0 Å². The van der Waals surface area contributed by atoms with Gasteiger partial charge in [-0.3, -0.25) is 9.69 Å². The number of rotatable bonds is 7. The van der Waals surface area contributed by atoms with Gasteiger partial charge < -0.3 is 11.1 Å². The Bertz CT molecular complexity index is 595. The molecule has 2 saturated carbocycles. The first-order valence-corrected chi connectivity index (χ1v) is 10.4. The second kappa shape index (κ2) is 12.0. The molecule has 28 heavy (non-hydrogen) atoms. The van der Waals surface area contributed by atoms with Gasteiger partial charge in [-0.25, -0.2) is 0 Å². The molecule has 4 nitrogen and oxygen atoms in total. The molecule has 0 spiro atoms. The van der Waals surface area contributed by atoms with Crippen molar-refractivity contribution in [1.29, 1.82) is 0 Å². The van der Waals surface area contributed by atoms with Crippen LogP contribution in [0, 0.1) is 17.8 Å². The highest BCUT2D eigenvalue weighted by atomic mass is 35.5. The van der Waals surface area contributed by atoms with Crippen LogP contribution in [-0.2, 0) is 17.9 Å². The predicted octanol–water partition coefficient (Wildman–Crippen LogP) is 4.14. The van der Waals surface area contributed by atoms with Crippen molar-refractivity contribution in [3.63, 3.8) is 0 Å². The van der Waals surface area contributed by atoms with E-state index in [0.29, 0.717) is 24.4 Å². The molecule has 0 aliphatic heterocycles. The minimum absolute atomic E-state index is 0. The van der Waals surface area contributed by atoms with E-state index in [1.165, 1.54) is 30.4 Å². The maximum atomic E-state index is 12.8. The second-order valence-corrected chi connectivity index (χ2v) is 8.14. The molecule has 2 aliphatic rings. The van der Waals surface area contributed by atoms with E-state index >= 15 is 0 Å². The van der Waals surface area contributed by atoms with Gasteiger partial charge in [0.05, 0.1) is 0 Å². The van der Waals surface area contributed by atoms with E-state index < -0.39 is 0 Å². The highest BCUT2D eigenvalue weighted by molar-refractivity contribution is 5.85. The molecule has 2 fully saturated rings. The summed E-state index contributed by atoms with van der Waals surface area (Å²) in [5.74, 6) is 1.48. The third-order valence-electron chi connectivity index (χ3n) is 6.64. The highest BCUT2D eigenvalue weighted by Crippen LogP contribution is 2.41. The number of amides is 1. The highest BCUT2D eigenvalue weighted by Gasteiger charge is 2.40. The first-order valence-electron chi connectivity index (χ1n) is 10.4. The lowest BCUT2D eigenvalue weighted by Gasteiger charge is -2.43. The maximum absolute atomic E-state index is 12.8. The number of fused-ring (bicyclic) bond motifs is 2. The van der Waals surface area contributed by atoms with Crippen molar-refractivity contribution in [1.82, 2.24) is 10.2 Å². The molecular formula is C22H37Cl2N3O. The largest absolute Gasteiger partial charge is 0.352 e. The minimum Gasteiger partial charge on any atom is -0.352 e. The normalized spacial score (nSPS) is 26.1. The molecule has 0 saturated heterocycles. The lowest BCUT2D eigenvalue weighted by Crippen LogP contribution is -2.49. The van der Waals surface area contributed by atoms with Gasteiger partial charge in [0.2, 0.25) is 5.91 Å². The molecule has 1 aromatic carbocycles. The van der Waals surface area contributed by atoms with Crippen LogP contribution < -0.4 is 11.1 Å². The standard InChI is InChI=1S/C22H35N3O.2ClH/c1-3-25(4-2)15-19-9-6-5-8-18(19)14-24-22(26)20-12-16-10-7-11-17(13-20)21(16)23;;/h5-6,8-9,16-17,20-21H,3-4,7,10-15,23H2,1-2H3,(H,24,26);2*1H. The van der Waals surface area contributed by atoms with Crippen LogP contribution >= 0.6 is 24.8 Å². The molecule has 3 rings (SSSR count). The van der Waals surface area contributed by atoms with Crippen LogP contribution in [0.1, 0.15) is 57.1 Å². The third-order valence-corrected chi connectivity index (χ3v) is 6.64. The van der Waals surface area contributed by atoms with Gasteiger partial charge in [-0.05, 0) is 61.7 Å². The fraction of sp³-hybridized carbons (Fsp3) is 0.682. The van der Waals surface area contributed by atoms with Crippen molar-refractivity contribution in [2.24, 2.45) is 23.5 Å². The van der Waals surface area contributed by atoms with E-state index in [9.17, 15) is 4.79 Å². The van der Waals surface area contributed by atoms with Crippen LogP contribution in [0.5, 0.6) is 0 Å². The van der Waals surface area contributed by atoms with Crippen molar-refractivity contribution in [3.05, 3.63) is 35.4 Å². The van der Waals surface area contributed by atoms with Crippen molar-refractivity contribution < 1.29 is 4.79 Å². The zero-order valence-electron chi connectivity index (χ0n) is 17.2. The van der Waals surface area contributed by atoms with Crippen molar-refractivity contribution >= 4 is 30.7 Å². The Labute approximate surface area is 182 Å². The van der Waals surface area contributed by atoms with Crippen LogP contribution in [0.4, 0.5) is 0 Å². The van der Waals surface area contributed by atoms with E-state index in [1.807, 2.05) is 0 Å². The Hall–Kier alpha value is -0.810. The predicted molar refractivity (Wildman–Crippen MR) is 121 cm³/mol. The van der Waals surface area contributed by atoms with Gasteiger partial charge in [-0.2, -0.15) is 0 Å². The van der Waals surface area contributed by atoms with Crippen LogP contribution in [0.2, 0.25) is 0 Å². The van der Waals surface area contributed by atoms with Crippen LogP contribution in [0.25, 0.3) is 0 Å². The van der Waals surface area contributed by atoms with Gasteiger partial charge in [0, 0.05) is 25.0 Å². The van der Waals surface area contributed by atoms with Crippen molar-refractivity contribution in [2.45, 2.75) is 65.1 Å².